The normalized spacial score (nSPS) is 24.5. The summed E-state index contributed by atoms with van der Waals surface area (Å²) in [6, 6.07) is -1.70. The maximum Gasteiger partial charge on any atom is 0.405 e. The van der Waals surface area contributed by atoms with E-state index in [0.29, 0.717) is 13.1 Å². The Bertz CT molecular complexity index is 521. The third kappa shape index (κ3) is 5.87. The Morgan fingerprint density at radius 2 is 1.71 bits per heavy atom. The number of nitrogens with zero attached hydrogens (tertiary/aromatic N) is 2. The molecular formula is C13H23F3N4O3S. The van der Waals surface area contributed by atoms with Crippen LogP contribution in [-0.4, -0.2) is 100 Å². The highest BCUT2D eigenvalue weighted by atomic mass is 32.2. The molecule has 1 unspecified atom stereocenters. The van der Waals surface area contributed by atoms with Gasteiger partial charge in [0, 0.05) is 45.8 Å². The predicted octanol–water partition coefficient (Wildman–Crippen LogP) is -1.33. The topological polar surface area (TPSA) is 81.8 Å². The molecule has 0 saturated carbocycles. The van der Waals surface area contributed by atoms with E-state index in [4.69, 9.17) is 0 Å². The molecule has 2 rings (SSSR count). The molecule has 2 aliphatic rings. The van der Waals surface area contributed by atoms with Crippen molar-refractivity contribution in [2.75, 3.05) is 63.9 Å². The van der Waals surface area contributed by atoms with Crippen molar-refractivity contribution in [3.8, 4) is 0 Å². The maximum absolute atomic E-state index is 13.2. The highest BCUT2D eigenvalue weighted by Crippen LogP contribution is 2.24. The number of alkyl halides is 3. The lowest BCUT2D eigenvalue weighted by molar-refractivity contribution is -0.184. The molecule has 0 radical (unpaired) electrons. The van der Waals surface area contributed by atoms with Gasteiger partial charge in [0.15, 0.2) is 9.84 Å². The first-order chi connectivity index (χ1) is 11.2. The Kier molecular flexibility index (Phi) is 6.46. The number of nitrogens with one attached hydrogen (secondary N) is 2. The summed E-state index contributed by atoms with van der Waals surface area (Å²) < 4.78 is 62.3. The van der Waals surface area contributed by atoms with Gasteiger partial charge in [0.2, 0.25) is 5.91 Å². The lowest BCUT2D eigenvalue weighted by Gasteiger charge is -2.36. The van der Waals surface area contributed by atoms with E-state index in [1.54, 1.807) is 4.90 Å². The highest BCUT2D eigenvalue weighted by Gasteiger charge is 2.43. The summed E-state index contributed by atoms with van der Waals surface area (Å²) in [4.78, 5) is 14.9. The minimum absolute atomic E-state index is 0.0216. The second-order valence-electron chi connectivity index (χ2n) is 6.08. The van der Waals surface area contributed by atoms with Crippen LogP contribution in [0, 0.1) is 0 Å². The lowest BCUT2D eigenvalue weighted by atomic mass is 10.2. The zero-order valence-electron chi connectivity index (χ0n) is 13.3. The second kappa shape index (κ2) is 7.98. The van der Waals surface area contributed by atoms with Crippen molar-refractivity contribution >= 4 is 15.7 Å². The van der Waals surface area contributed by atoms with E-state index in [0.717, 1.165) is 0 Å². The molecule has 140 valence electrons. The van der Waals surface area contributed by atoms with Gasteiger partial charge >= 0.3 is 6.18 Å². The van der Waals surface area contributed by atoms with E-state index >= 15 is 0 Å². The van der Waals surface area contributed by atoms with Crippen LogP contribution in [0.5, 0.6) is 0 Å². The van der Waals surface area contributed by atoms with Crippen LogP contribution in [0.1, 0.15) is 0 Å². The number of hydrogen-bond acceptors (Lipinski definition) is 6. The molecule has 2 heterocycles. The molecule has 0 aromatic carbocycles. The molecule has 1 atom stereocenters. The van der Waals surface area contributed by atoms with Crippen molar-refractivity contribution in [1.82, 2.24) is 20.4 Å². The molecule has 2 N–H and O–H groups in total. The van der Waals surface area contributed by atoms with E-state index < -0.39 is 34.5 Å². The Morgan fingerprint density at radius 3 is 2.25 bits per heavy atom. The number of piperazine rings is 1. The zero-order chi connectivity index (χ0) is 17.8. The average molecular weight is 372 g/mol. The van der Waals surface area contributed by atoms with Gasteiger partial charge in [-0.25, -0.2) is 8.42 Å². The number of halogens is 3. The molecule has 24 heavy (non-hydrogen) atoms. The van der Waals surface area contributed by atoms with Crippen LogP contribution in [0.15, 0.2) is 0 Å². The molecule has 2 saturated heterocycles. The summed E-state index contributed by atoms with van der Waals surface area (Å²) in [5.74, 6) is -0.558. The molecular weight excluding hydrogens is 349 g/mol. The van der Waals surface area contributed by atoms with Gasteiger partial charge in [0.25, 0.3) is 0 Å². The highest BCUT2D eigenvalue weighted by molar-refractivity contribution is 7.91. The Hall–Kier alpha value is -0.910. The largest absolute Gasteiger partial charge is 0.405 e. The van der Waals surface area contributed by atoms with Crippen LogP contribution in [0.4, 0.5) is 13.2 Å². The molecule has 0 aromatic rings. The second-order valence-corrected chi connectivity index (χ2v) is 8.38. The number of rotatable bonds is 5. The fourth-order valence-electron chi connectivity index (χ4n) is 2.82. The molecule has 0 aromatic heterocycles. The summed E-state index contributed by atoms with van der Waals surface area (Å²) in [7, 11) is -3.05. The van der Waals surface area contributed by atoms with Crippen LogP contribution in [0.3, 0.4) is 0 Å². The minimum atomic E-state index is -4.41. The van der Waals surface area contributed by atoms with Gasteiger partial charge in [-0.15, -0.1) is 0 Å². The molecule has 1 amide bonds. The van der Waals surface area contributed by atoms with Gasteiger partial charge in [-0.2, -0.15) is 13.2 Å². The first-order valence-corrected chi connectivity index (χ1v) is 9.70. The predicted molar refractivity (Wildman–Crippen MR) is 82.4 cm³/mol. The first kappa shape index (κ1) is 19.4. The Labute approximate surface area is 139 Å². The van der Waals surface area contributed by atoms with Crippen LogP contribution in [-0.2, 0) is 14.6 Å². The molecule has 7 nitrogen and oxygen atoms in total. The van der Waals surface area contributed by atoms with E-state index in [1.165, 1.54) is 4.90 Å². The van der Waals surface area contributed by atoms with Gasteiger partial charge in [-0.1, -0.05) is 0 Å². The minimum Gasteiger partial charge on any atom is -0.353 e. The molecule has 2 fully saturated rings. The molecule has 0 bridgehead atoms. The van der Waals surface area contributed by atoms with Crippen molar-refractivity contribution in [3.05, 3.63) is 0 Å². The number of sulfone groups is 1. The summed E-state index contributed by atoms with van der Waals surface area (Å²) in [6.07, 6.45) is -4.41. The third-order valence-electron chi connectivity index (χ3n) is 4.27. The summed E-state index contributed by atoms with van der Waals surface area (Å²) in [6.45, 7) is 1.43. The SMILES string of the molecule is O=C(CN1CCS(=O)(=O)CC1)NCC(N1CCNCC1)C(F)(F)F. The van der Waals surface area contributed by atoms with Crippen molar-refractivity contribution in [2.45, 2.75) is 12.2 Å². The van der Waals surface area contributed by atoms with Crippen LogP contribution in [0.25, 0.3) is 0 Å². The summed E-state index contributed by atoms with van der Waals surface area (Å²) in [5, 5.41) is 5.34. The number of amides is 1. The monoisotopic (exact) mass is 372 g/mol. The van der Waals surface area contributed by atoms with Gasteiger partial charge in [-0.3, -0.25) is 14.6 Å². The molecule has 0 aliphatic carbocycles. The van der Waals surface area contributed by atoms with Crippen LogP contribution >= 0.6 is 0 Å². The number of carbonyl (C=O) groups excluding carboxylic acids is 1. The van der Waals surface area contributed by atoms with Crippen molar-refractivity contribution in [2.24, 2.45) is 0 Å². The van der Waals surface area contributed by atoms with E-state index in [1.807, 2.05) is 0 Å². The molecule has 2 aliphatic heterocycles. The fraction of sp³-hybridized carbons (Fsp3) is 0.923. The van der Waals surface area contributed by atoms with Gasteiger partial charge < -0.3 is 10.6 Å². The Balaban J connectivity index is 1.81. The van der Waals surface area contributed by atoms with Gasteiger partial charge in [0.05, 0.1) is 18.1 Å². The summed E-state index contributed by atoms with van der Waals surface area (Å²) in [5.41, 5.74) is 0. The Morgan fingerprint density at radius 1 is 1.12 bits per heavy atom. The number of hydrogen-bond donors (Lipinski definition) is 2. The van der Waals surface area contributed by atoms with Crippen molar-refractivity contribution in [3.63, 3.8) is 0 Å². The zero-order valence-corrected chi connectivity index (χ0v) is 14.1. The van der Waals surface area contributed by atoms with Crippen LogP contribution in [0.2, 0.25) is 0 Å². The van der Waals surface area contributed by atoms with Crippen molar-refractivity contribution in [1.29, 1.82) is 0 Å². The lowest BCUT2D eigenvalue weighted by Crippen LogP contribution is -2.58. The molecule has 11 heteroatoms. The van der Waals surface area contributed by atoms with Gasteiger partial charge in [-0.05, 0) is 0 Å². The van der Waals surface area contributed by atoms with E-state index in [2.05, 4.69) is 10.6 Å². The maximum atomic E-state index is 13.2. The van der Waals surface area contributed by atoms with Gasteiger partial charge in [0.1, 0.15) is 6.04 Å². The summed E-state index contributed by atoms with van der Waals surface area (Å²) >= 11 is 0. The first-order valence-electron chi connectivity index (χ1n) is 7.88. The fourth-order valence-corrected chi connectivity index (χ4v) is 4.10. The smallest absolute Gasteiger partial charge is 0.353 e. The standard InChI is InChI=1S/C13H23F3N4O3S/c14-13(15,16)11(20-3-1-17-2-4-20)9-18-12(21)10-19-5-7-24(22,23)8-6-19/h11,17H,1-10H2,(H,18,21). The van der Waals surface area contributed by atoms with E-state index in [9.17, 15) is 26.4 Å². The van der Waals surface area contributed by atoms with Crippen LogP contribution < -0.4 is 10.6 Å². The average Bonchev–Trinajstić information content (AvgIpc) is 2.49. The third-order valence-corrected chi connectivity index (χ3v) is 5.88. The van der Waals surface area contributed by atoms with Crippen molar-refractivity contribution < 1.29 is 26.4 Å². The quantitative estimate of drug-likeness (QED) is 0.622. The number of carbonyl (C=O) groups is 1. The molecule has 0 spiro atoms. The van der Waals surface area contributed by atoms with E-state index in [-0.39, 0.29) is 44.2 Å².